The van der Waals surface area contributed by atoms with E-state index in [1.54, 1.807) is 6.07 Å². The number of anilines is 1. The average molecular weight is 276 g/mol. The number of benzene rings is 1. The molecule has 8 nitrogen and oxygen atoms in total. The van der Waals surface area contributed by atoms with Gasteiger partial charge >= 0.3 is 0 Å². The minimum absolute atomic E-state index is 0.00993. The molecule has 104 valence electrons. The van der Waals surface area contributed by atoms with E-state index in [1.807, 2.05) is 0 Å². The molecule has 0 spiro atoms. The third-order valence-electron chi connectivity index (χ3n) is 3.08. The van der Waals surface area contributed by atoms with Gasteiger partial charge in [0, 0.05) is 12.7 Å². The second-order valence-electron chi connectivity index (χ2n) is 4.51. The van der Waals surface area contributed by atoms with E-state index >= 15 is 0 Å². The predicted molar refractivity (Wildman–Crippen MR) is 68.8 cm³/mol. The average Bonchev–Trinajstić information content (AvgIpc) is 2.87. The lowest BCUT2D eigenvalue weighted by molar-refractivity contribution is -0.384. The lowest BCUT2D eigenvalue weighted by Gasteiger charge is -2.20. The van der Waals surface area contributed by atoms with Crippen LogP contribution in [0.1, 0.15) is 12.0 Å². The molecule has 1 aromatic carbocycles. The summed E-state index contributed by atoms with van der Waals surface area (Å²) >= 11 is 0. The number of nitrogens with zero attached hydrogens (tertiary/aromatic N) is 2. The SMILES string of the molecule is N#Cc1ccc(NC(=O)C2(N)CCOC2)c([N+](=O)[O-])c1. The molecule has 1 aromatic rings. The molecule has 1 unspecified atom stereocenters. The van der Waals surface area contributed by atoms with Crippen LogP contribution in [-0.4, -0.2) is 29.6 Å². The van der Waals surface area contributed by atoms with Gasteiger partial charge in [-0.3, -0.25) is 14.9 Å². The van der Waals surface area contributed by atoms with E-state index in [0.717, 1.165) is 6.07 Å². The summed E-state index contributed by atoms with van der Waals surface area (Å²) in [7, 11) is 0. The maximum atomic E-state index is 12.1. The van der Waals surface area contributed by atoms with Gasteiger partial charge in [-0.25, -0.2) is 0 Å². The molecule has 2 rings (SSSR count). The number of carbonyl (C=O) groups excluding carboxylic acids is 1. The molecule has 3 N–H and O–H groups in total. The fourth-order valence-corrected chi connectivity index (χ4v) is 1.86. The minimum Gasteiger partial charge on any atom is -0.379 e. The fraction of sp³-hybridized carbons (Fsp3) is 0.333. The van der Waals surface area contributed by atoms with E-state index in [1.165, 1.54) is 12.1 Å². The molecule has 1 heterocycles. The standard InChI is InChI=1S/C12H12N4O4/c13-6-8-1-2-9(10(5-8)16(18)19)15-11(17)12(14)3-4-20-7-12/h1-2,5H,3-4,7,14H2,(H,15,17). The van der Waals surface area contributed by atoms with Crippen molar-refractivity contribution >= 4 is 17.3 Å². The van der Waals surface area contributed by atoms with E-state index in [-0.39, 0.29) is 23.5 Å². The highest BCUT2D eigenvalue weighted by Gasteiger charge is 2.39. The van der Waals surface area contributed by atoms with Gasteiger partial charge < -0.3 is 15.8 Å². The second kappa shape index (κ2) is 5.24. The van der Waals surface area contributed by atoms with Gasteiger partial charge in [-0.2, -0.15) is 5.26 Å². The number of nitrogens with two attached hydrogens (primary N) is 1. The Kier molecular flexibility index (Phi) is 3.65. The molecular formula is C12H12N4O4. The first-order valence-corrected chi connectivity index (χ1v) is 5.83. The van der Waals surface area contributed by atoms with Crippen molar-refractivity contribution in [3.05, 3.63) is 33.9 Å². The highest BCUT2D eigenvalue weighted by molar-refractivity contribution is 6.00. The number of hydrogen-bond donors (Lipinski definition) is 2. The number of nitrogens with one attached hydrogen (secondary N) is 1. The van der Waals surface area contributed by atoms with Crippen molar-refractivity contribution in [1.82, 2.24) is 0 Å². The zero-order valence-corrected chi connectivity index (χ0v) is 10.5. The highest BCUT2D eigenvalue weighted by Crippen LogP contribution is 2.27. The van der Waals surface area contributed by atoms with Crippen molar-refractivity contribution in [1.29, 1.82) is 5.26 Å². The largest absolute Gasteiger partial charge is 0.379 e. The van der Waals surface area contributed by atoms with E-state index in [0.29, 0.717) is 13.0 Å². The third kappa shape index (κ3) is 2.59. The van der Waals surface area contributed by atoms with Crippen LogP contribution in [0.3, 0.4) is 0 Å². The number of rotatable bonds is 3. The summed E-state index contributed by atoms with van der Waals surface area (Å²) in [4.78, 5) is 22.4. The lowest BCUT2D eigenvalue weighted by atomic mass is 9.99. The van der Waals surface area contributed by atoms with Gasteiger partial charge in [0.25, 0.3) is 5.69 Å². The van der Waals surface area contributed by atoms with Gasteiger partial charge in [-0.05, 0) is 18.6 Å². The van der Waals surface area contributed by atoms with Crippen LogP contribution in [0.4, 0.5) is 11.4 Å². The summed E-state index contributed by atoms with van der Waals surface area (Å²) in [6, 6.07) is 5.60. The zero-order chi connectivity index (χ0) is 14.8. The van der Waals surface area contributed by atoms with E-state index in [4.69, 9.17) is 15.7 Å². The topological polar surface area (TPSA) is 131 Å². The summed E-state index contributed by atoms with van der Waals surface area (Å²) in [5.74, 6) is -0.539. The number of hydrogen-bond acceptors (Lipinski definition) is 6. The molecule has 1 saturated heterocycles. The Bertz CT molecular complexity index is 602. The Morgan fingerprint density at radius 2 is 2.35 bits per heavy atom. The highest BCUT2D eigenvalue weighted by atomic mass is 16.6. The number of nitriles is 1. The van der Waals surface area contributed by atoms with E-state index < -0.39 is 16.4 Å². The maximum Gasteiger partial charge on any atom is 0.294 e. The van der Waals surface area contributed by atoms with Gasteiger partial charge in [0.15, 0.2) is 0 Å². The number of amides is 1. The monoisotopic (exact) mass is 276 g/mol. The lowest BCUT2D eigenvalue weighted by Crippen LogP contribution is -2.51. The molecular weight excluding hydrogens is 264 g/mol. The van der Waals surface area contributed by atoms with E-state index in [2.05, 4.69) is 5.32 Å². The molecule has 0 saturated carbocycles. The van der Waals surface area contributed by atoms with Crippen molar-refractivity contribution in [2.24, 2.45) is 5.73 Å². The van der Waals surface area contributed by atoms with Crippen LogP contribution >= 0.6 is 0 Å². The molecule has 0 bridgehead atoms. The summed E-state index contributed by atoms with van der Waals surface area (Å²) in [5.41, 5.74) is 4.50. The number of carbonyl (C=O) groups is 1. The van der Waals surface area contributed by atoms with Gasteiger partial charge in [-0.15, -0.1) is 0 Å². The first-order valence-electron chi connectivity index (χ1n) is 5.83. The van der Waals surface area contributed by atoms with Crippen molar-refractivity contribution < 1.29 is 14.5 Å². The molecule has 0 radical (unpaired) electrons. The van der Waals surface area contributed by atoms with Crippen molar-refractivity contribution in [3.8, 4) is 6.07 Å². The first kappa shape index (κ1) is 13.9. The van der Waals surface area contributed by atoms with Crippen LogP contribution in [0.15, 0.2) is 18.2 Å². The summed E-state index contributed by atoms with van der Waals surface area (Å²) < 4.78 is 5.07. The molecule has 0 aliphatic carbocycles. The van der Waals surface area contributed by atoms with Crippen molar-refractivity contribution in [2.75, 3.05) is 18.5 Å². The number of nitro groups is 1. The molecule has 1 amide bonds. The van der Waals surface area contributed by atoms with Crippen LogP contribution < -0.4 is 11.1 Å². The smallest absolute Gasteiger partial charge is 0.294 e. The predicted octanol–water partition coefficient (Wildman–Crippen LogP) is 0.523. The normalized spacial score (nSPS) is 21.2. The Hall–Kier alpha value is -2.50. The molecule has 1 aliphatic heterocycles. The molecule has 1 atom stereocenters. The van der Waals surface area contributed by atoms with Crippen LogP contribution in [-0.2, 0) is 9.53 Å². The van der Waals surface area contributed by atoms with Crippen LogP contribution in [0.5, 0.6) is 0 Å². The van der Waals surface area contributed by atoms with Gasteiger partial charge in [0.2, 0.25) is 5.91 Å². The Balaban J connectivity index is 2.27. The van der Waals surface area contributed by atoms with Crippen LogP contribution in [0.2, 0.25) is 0 Å². The maximum absolute atomic E-state index is 12.1. The minimum atomic E-state index is -1.18. The number of nitro benzene ring substituents is 1. The van der Waals surface area contributed by atoms with Gasteiger partial charge in [0.1, 0.15) is 11.2 Å². The van der Waals surface area contributed by atoms with Gasteiger partial charge in [0.05, 0.1) is 23.2 Å². The zero-order valence-electron chi connectivity index (χ0n) is 10.5. The Morgan fingerprint density at radius 1 is 1.60 bits per heavy atom. The Labute approximate surface area is 114 Å². The molecule has 1 aliphatic rings. The Morgan fingerprint density at radius 3 is 2.90 bits per heavy atom. The van der Waals surface area contributed by atoms with Crippen molar-refractivity contribution in [3.63, 3.8) is 0 Å². The number of ether oxygens (including phenoxy) is 1. The summed E-state index contributed by atoms with van der Waals surface area (Å²) in [6.45, 7) is 0.447. The third-order valence-corrected chi connectivity index (χ3v) is 3.08. The first-order chi connectivity index (χ1) is 9.46. The summed E-state index contributed by atoms with van der Waals surface area (Å²) in [5, 5.41) is 22.1. The molecule has 20 heavy (non-hydrogen) atoms. The fourth-order valence-electron chi connectivity index (χ4n) is 1.86. The van der Waals surface area contributed by atoms with Crippen LogP contribution in [0.25, 0.3) is 0 Å². The van der Waals surface area contributed by atoms with Crippen molar-refractivity contribution in [2.45, 2.75) is 12.0 Å². The van der Waals surface area contributed by atoms with E-state index in [9.17, 15) is 14.9 Å². The quantitative estimate of drug-likeness (QED) is 0.611. The summed E-state index contributed by atoms with van der Waals surface area (Å²) in [6.07, 6.45) is 0.350. The van der Waals surface area contributed by atoms with Crippen LogP contribution in [0, 0.1) is 21.4 Å². The van der Waals surface area contributed by atoms with Gasteiger partial charge in [-0.1, -0.05) is 0 Å². The second-order valence-corrected chi connectivity index (χ2v) is 4.51. The molecule has 8 heteroatoms. The molecule has 0 aromatic heterocycles. The molecule has 1 fully saturated rings.